The second kappa shape index (κ2) is 4.50. The zero-order valence-electron chi connectivity index (χ0n) is 7.33. The Labute approximate surface area is 70.7 Å². The molecule has 4 heteroatoms. The van der Waals surface area contributed by atoms with Crippen LogP contribution in [0, 0.1) is 0 Å². The molecule has 0 aliphatic heterocycles. The average Bonchev–Trinajstić information content (AvgIpc) is 1.85. The standard InChI is InChI=1S/C8H14F3N/c1-6(2)4-5-7(12-3)8(9,10)11/h7,12H,1,4-5H2,2-3H3. The predicted octanol–water partition coefficient (Wildman–Crippen LogP) is 2.49. The van der Waals surface area contributed by atoms with Crippen LogP contribution in [0.15, 0.2) is 12.2 Å². The summed E-state index contributed by atoms with van der Waals surface area (Å²) in [7, 11) is 1.32. The molecule has 0 aliphatic carbocycles. The highest BCUT2D eigenvalue weighted by molar-refractivity contribution is 4.90. The predicted molar refractivity (Wildman–Crippen MR) is 43.0 cm³/mol. The van der Waals surface area contributed by atoms with Gasteiger partial charge in [-0.2, -0.15) is 13.2 Å². The molecule has 0 aromatic carbocycles. The van der Waals surface area contributed by atoms with Gasteiger partial charge in [0.05, 0.1) is 0 Å². The van der Waals surface area contributed by atoms with Gasteiger partial charge in [0, 0.05) is 0 Å². The molecule has 0 aliphatic rings. The first-order valence-corrected chi connectivity index (χ1v) is 3.76. The van der Waals surface area contributed by atoms with E-state index in [0.29, 0.717) is 6.42 Å². The number of alkyl halides is 3. The van der Waals surface area contributed by atoms with Gasteiger partial charge in [-0.25, -0.2) is 0 Å². The van der Waals surface area contributed by atoms with Crippen molar-refractivity contribution in [3.63, 3.8) is 0 Å². The van der Waals surface area contributed by atoms with E-state index in [-0.39, 0.29) is 6.42 Å². The molecule has 0 fully saturated rings. The molecule has 0 aromatic rings. The summed E-state index contributed by atoms with van der Waals surface area (Å²) in [6.45, 7) is 5.27. The maximum absolute atomic E-state index is 12.1. The lowest BCUT2D eigenvalue weighted by Gasteiger charge is -2.19. The lowest BCUT2D eigenvalue weighted by atomic mass is 10.1. The van der Waals surface area contributed by atoms with Crippen LogP contribution in [0.5, 0.6) is 0 Å². The molecule has 72 valence electrons. The van der Waals surface area contributed by atoms with Gasteiger partial charge >= 0.3 is 6.18 Å². The lowest BCUT2D eigenvalue weighted by Crippen LogP contribution is -2.39. The Morgan fingerprint density at radius 2 is 2.00 bits per heavy atom. The quantitative estimate of drug-likeness (QED) is 0.657. The molecule has 0 radical (unpaired) electrons. The van der Waals surface area contributed by atoms with Gasteiger partial charge in [0.2, 0.25) is 0 Å². The van der Waals surface area contributed by atoms with Gasteiger partial charge in [-0.15, -0.1) is 6.58 Å². The van der Waals surface area contributed by atoms with Crippen LogP contribution < -0.4 is 5.32 Å². The zero-order valence-corrected chi connectivity index (χ0v) is 7.33. The van der Waals surface area contributed by atoms with Gasteiger partial charge in [-0.1, -0.05) is 5.57 Å². The average molecular weight is 181 g/mol. The molecule has 0 saturated heterocycles. The summed E-state index contributed by atoms with van der Waals surface area (Å²) < 4.78 is 36.2. The van der Waals surface area contributed by atoms with Crippen molar-refractivity contribution in [1.29, 1.82) is 0 Å². The van der Waals surface area contributed by atoms with Crippen molar-refractivity contribution in [3.05, 3.63) is 12.2 Å². The highest BCUT2D eigenvalue weighted by atomic mass is 19.4. The molecule has 0 spiro atoms. The first-order valence-electron chi connectivity index (χ1n) is 3.76. The third kappa shape index (κ3) is 4.38. The molecule has 1 atom stereocenters. The molecular formula is C8H14F3N. The minimum absolute atomic E-state index is 0.0648. The third-order valence-corrected chi connectivity index (χ3v) is 1.60. The summed E-state index contributed by atoms with van der Waals surface area (Å²) in [6, 6.07) is -1.41. The first kappa shape index (κ1) is 11.5. The van der Waals surface area contributed by atoms with Gasteiger partial charge in [0.1, 0.15) is 6.04 Å². The van der Waals surface area contributed by atoms with Crippen LogP contribution in [0.3, 0.4) is 0 Å². The van der Waals surface area contributed by atoms with E-state index in [1.807, 2.05) is 0 Å². The Balaban J connectivity index is 3.92. The monoisotopic (exact) mass is 181 g/mol. The fraction of sp³-hybridized carbons (Fsp3) is 0.750. The van der Waals surface area contributed by atoms with Crippen molar-refractivity contribution < 1.29 is 13.2 Å². The van der Waals surface area contributed by atoms with Crippen molar-refractivity contribution in [1.82, 2.24) is 5.32 Å². The minimum Gasteiger partial charge on any atom is -0.309 e. The maximum atomic E-state index is 12.1. The SMILES string of the molecule is C=C(C)CCC(NC)C(F)(F)F. The van der Waals surface area contributed by atoms with E-state index >= 15 is 0 Å². The molecule has 0 aromatic heterocycles. The molecule has 1 nitrogen and oxygen atoms in total. The smallest absolute Gasteiger partial charge is 0.309 e. The van der Waals surface area contributed by atoms with Gasteiger partial charge in [-0.05, 0) is 26.8 Å². The van der Waals surface area contributed by atoms with E-state index in [9.17, 15) is 13.2 Å². The van der Waals surface area contributed by atoms with E-state index in [2.05, 4.69) is 11.9 Å². The van der Waals surface area contributed by atoms with Crippen LogP contribution in [-0.2, 0) is 0 Å². The van der Waals surface area contributed by atoms with Crippen LogP contribution in [0.1, 0.15) is 19.8 Å². The Kier molecular flexibility index (Phi) is 4.31. The van der Waals surface area contributed by atoms with Crippen LogP contribution in [-0.4, -0.2) is 19.3 Å². The van der Waals surface area contributed by atoms with Gasteiger partial charge in [0.15, 0.2) is 0 Å². The number of allylic oxidation sites excluding steroid dienone is 1. The number of nitrogens with one attached hydrogen (secondary N) is 1. The molecule has 0 saturated carbocycles. The summed E-state index contributed by atoms with van der Waals surface area (Å²) in [4.78, 5) is 0. The normalized spacial score (nSPS) is 14.4. The largest absolute Gasteiger partial charge is 0.403 e. The molecule has 0 bridgehead atoms. The Bertz CT molecular complexity index is 151. The van der Waals surface area contributed by atoms with E-state index in [4.69, 9.17) is 0 Å². The van der Waals surface area contributed by atoms with Gasteiger partial charge < -0.3 is 5.32 Å². The van der Waals surface area contributed by atoms with Crippen LogP contribution in [0.2, 0.25) is 0 Å². The van der Waals surface area contributed by atoms with Crippen molar-refractivity contribution in [2.45, 2.75) is 32.0 Å². The van der Waals surface area contributed by atoms with E-state index in [1.165, 1.54) is 7.05 Å². The van der Waals surface area contributed by atoms with Crippen molar-refractivity contribution in [2.75, 3.05) is 7.05 Å². The summed E-state index contributed by atoms with van der Waals surface area (Å²) in [6.07, 6.45) is -3.68. The lowest BCUT2D eigenvalue weighted by molar-refractivity contribution is -0.155. The highest BCUT2D eigenvalue weighted by Gasteiger charge is 2.37. The van der Waals surface area contributed by atoms with Crippen LogP contribution in [0.25, 0.3) is 0 Å². The van der Waals surface area contributed by atoms with E-state index in [1.54, 1.807) is 6.92 Å². The Morgan fingerprint density at radius 1 is 1.50 bits per heavy atom. The molecule has 0 rings (SSSR count). The first-order chi connectivity index (χ1) is 5.38. The van der Waals surface area contributed by atoms with Crippen LogP contribution >= 0.6 is 0 Å². The summed E-state index contributed by atoms with van der Waals surface area (Å²) in [5.74, 6) is 0. The fourth-order valence-corrected chi connectivity index (χ4v) is 0.862. The highest BCUT2D eigenvalue weighted by Crippen LogP contribution is 2.23. The topological polar surface area (TPSA) is 12.0 Å². The second-order valence-corrected chi connectivity index (χ2v) is 2.88. The zero-order chi connectivity index (χ0) is 9.78. The number of halogens is 3. The second-order valence-electron chi connectivity index (χ2n) is 2.88. The number of rotatable bonds is 4. The molecule has 1 N–H and O–H groups in total. The molecule has 1 unspecified atom stereocenters. The third-order valence-electron chi connectivity index (χ3n) is 1.60. The van der Waals surface area contributed by atoms with E-state index < -0.39 is 12.2 Å². The van der Waals surface area contributed by atoms with Gasteiger partial charge in [0.25, 0.3) is 0 Å². The summed E-state index contributed by atoms with van der Waals surface area (Å²) >= 11 is 0. The van der Waals surface area contributed by atoms with E-state index in [0.717, 1.165) is 5.57 Å². The molecule has 12 heavy (non-hydrogen) atoms. The van der Waals surface area contributed by atoms with Crippen molar-refractivity contribution >= 4 is 0 Å². The van der Waals surface area contributed by atoms with Crippen LogP contribution in [0.4, 0.5) is 13.2 Å². The number of hydrogen-bond acceptors (Lipinski definition) is 1. The summed E-state index contributed by atoms with van der Waals surface area (Å²) in [5.41, 5.74) is 0.777. The van der Waals surface area contributed by atoms with Gasteiger partial charge in [-0.3, -0.25) is 0 Å². The molecule has 0 amide bonds. The molecule has 0 heterocycles. The number of hydrogen-bond donors (Lipinski definition) is 1. The Morgan fingerprint density at radius 3 is 2.25 bits per heavy atom. The van der Waals surface area contributed by atoms with Crippen molar-refractivity contribution in [3.8, 4) is 0 Å². The Hall–Kier alpha value is -0.510. The van der Waals surface area contributed by atoms with Crippen molar-refractivity contribution in [2.24, 2.45) is 0 Å². The maximum Gasteiger partial charge on any atom is 0.403 e. The summed E-state index contributed by atoms with van der Waals surface area (Å²) in [5, 5.41) is 2.23. The molecular weight excluding hydrogens is 167 g/mol. The minimum atomic E-state index is -4.15. The fourth-order valence-electron chi connectivity index (χ4n) is 0.862.